The van der Waals surface area contributed by atoms with Gasteiger partial charge in [-0.15, -0.1) is 10.2 Å². The van der Waals surface area contributed by atoms with Gasteiger partial charge < -0.3 is 9.47 Å². The molecule has 3 rings (SSSR count). The molecule has 0 aliphatic carbocycles. The average Bonchev–Trinajstić information content (AvgIpc) is 3.33. The summed E-state index contributed by atoms with van der Waals surface area (Å²) in [6.07, 6.45) is 1.31. The van der Waals surface area contributed by atoms with E-state index in [1.165, 1.54) is 25.1 Å². The highest BCUT2D eigenvalue weighted by Gasteiger charge is 2.20. The summed E-state index contributed by atoms with van der Waals surface area (Å²) in [5.41, 5.74) is 1.47. The summed E-state index contributed by atoms with van der Waals surface area (Å²) in [6.45, 7) is 5.38. The Balaban J connectivity index is 1.81. The van der Waals surface area contributed by atoms with Gasteiger partial charge in [-0.05, 0) is 49.8 Å². The minimum atomic E-state index is -3.57. The largest absolute Gasteiger partial charge is 0.490 e. The molecular formula is C24H22N4O6S2. The quantitative estimate of drug-likeness (QED) is 0.144. The number of nitriles is 1. The second-order valence-corrected chi connectivity index (χ2v) is 10.7. The molecule has 12 heteroatoms. The van der Waals surface area contributed by atoms with Gasteiger partial charge in [0.05, 0.1) is 17.9 Å². The Morgan fingerprint density at radius 2 is 1.92 bits per heavy atom. The molecule has 0 aliphatic rings. The molecule has 0 aliphatic heterocycles. The Labute approximate surface area is 212 Å². The first kappa shape index (κ1) is 26.5. The zero-order chi connectivity index (χ0) is 26.3. The van der Waals surface area contributed by atoms with Crippen LogP contribution in [-0.2, 0) is 14.6 Å². The van der Waals surface area contributed by atoms with Crippen molar-refractivity contribution in [2.24, 2.45) is 0 Å². The molecule has 1 N–H and O–H groups in total. The van der Waals surface area contributed by atoms with E-state index in [2.05, 4.69) is 15.5 Å². The number of esters is 1. The summed E-state index contributed by atoms with van der Waals surface area (Å²) >= 11 is 0.695. The molecule has 0 saturated carbocycles. The number of hydrogen-bond donors (Lipinski definition) is 1. The maximum Gasteiger partial charge on any atom is 0.343 e. The molecule has 1 heterocycles. The molecule has 1 amide bonds. The zero-order valence-electron chi connectivity index (χ0n) is 19.6. The van der Waals surface area contributed by atoms with Crippen molar-refractivity contribution < 1.29 is 27.5 Å². The Morgan fingerprint density at radius 1 is 1.14 bits per heavy atom. The highest BCUT2D eigenvalue weighted by Crippen LogP contribution is 2.30. The van der Waals surface area contributed by atoms with E-state index in [9.17, 15) is 23.3 Å². The highest BCUT2D eigenvalue weighted by molar-refractivity contribution is 7.93. The van der Waals surface area contributed by atoms with Gasteiger partial charge >= 0.3 is 5.97 Å². The van der Waals surface area contributed by atoms with Gasteiger partial charge in [-0.2, -0.15) is 5.26 Å². The smallest absolute Gasteiger partial charge is 0.343 e. The lowest BCUT2D eigenvalue weighted by molar-refractivity contribution is -0.112. The molecule has 36 heavy (non-hydrogen) atoms. The third-order valence-electron chi connectivity index (χ3n) is 4.67. The van der Waals surface area contributed by atoms with Crippen LogP contribution in [0.4, 0.5) is 5.13 Å². The topological polar surface area (TPSA) is 148 Å². The molecule has 0 radical (unpaired) electrons. The van der Waals surface area contributed by atoms with Crippen molar-refractivity contribution in [3.05, 3.63) is 64.7 Å². The summed E-state index contributed by atoms with van der Waals surface area (Å²) in [4.78, 5) is 25.1. The van der Waals surface area contributed by atoms with E-state index in [4.69, 9.17) is 9.47 Å². The van der Waals surface area contributed by atoms with Gasteiger partial charge in [0.2, 0.25) is 19.3 Å². The molecule has 1 aromatic heterocycles. The lowest BCUT2D eigenvalue weighted by atomic mass is 10.1. The minimum absolute atomic E-state index is 0.0541. The lowest BCUT2D eigenvalue weighted by Gasteiger charge is -2.12. The number of rotatable bonds is 9. The van der Waals surface area contributed by atoms with Crippen molar-refractivity contribution in [3.63, 3.8) is 0 Å². The Kier molecular flexibility index (Phi) is 8.52. The number of benzene rings is 2. The van der Waals surface area contributed by atoms with Gasteiger partial charge in [0.25, 0.3) is 5.91 Å². The summed E-state index contributed by atoms with van der Waals surface area (Å²) in [5.74, 6) is -1.06. The molecular weight excluding hydrogens is 504 g/mol. The SMILES string of the molecule is CCOc1cc(C=C(C#N)C(=O)Nc2nnc(S(=O)(=O)CC)s2)ccc1OC(=O)c1cccc(C)c1. The van der Waals surface area contributed by atoms with Crippen molar-refractivity contribution >= 4 is 44.3 Å². The number of anilines is 1. The predicted molar refractivity (Wildman–Crippen MR) is 134 cm³/mol. The van der Waals surface area contributed by atoms with Gasteiger partial charge in [0, 0.05) is 0 Å². The van der Waals surface area contributed by atoms with Crippen molar-refractivity contribution in [3.8, 4) is 17.6 Å². The molecule has 0 fully saturated rings. The van der Waals surface area contributed by atoms with Gasteiger partial charge in [-0.1, -0.05) is 42.0 Å². The first-order valence-corrected chi connectivity index (χ1v) is 13.2. The number of nitrogens with one attached hydrogen (secondary N) is 1. The van der Waals surface area contributed by atoms with Crippen LogP contribution in [-0.4, -0.2) is 42.9 Å². The van der Waals surface area contributed by atoms with Crippen LogP contribution in [0.3, 0.4) is 0 Å². The summed E-state index contributed by atoms with van der Waals surface area (Å²) in [6, 6.07) is 13.4. The number of hydrogen-bond acceptors (Lipinski definition) is 10. The fourth-order valence-corrected chi connectivity index (χ4v) is 4.87. The number of carbonyl (C=O) groups excluding carboxylic acids is 2. The van der Waals surface area contributed by atoms with Crippen LogP contribution in [0.5, 0.6) is 11.5 Å². The Morgan fingerprint density at radius 3 is 2.58 bits per heavy atom. The number of aryl methyl sites for hydroxylation is 1. The third kappa shape index (κ3) is 6.53. The molecule has 0 atom stereocenters. The molecule has 0 saturated heterocycles. The second-order valence-electron chi connectivity index (χ2n) is 7.30. The lowest BCUT2D eigenvalue weighted by Crippen LogP contribution is -2.13. The second kappa shape index (κ2) is 11.6. The number of aromatic nitrogens is 2. The number of ether oxygens (including phenoxy) is 2. The third-order valence-corrected chi connectivity index (χ3v) is 7.69. The summed E-state index contributed by atoms with van der Waals surface area (Å²) in [5, 5.41) is 19.1. The average molecular weight is 527 g/mol. The Bertz CT molecular complexity index is 1470. The van der Waals surface area contributed by atoms with E-state index in [0.717, 1.165) is 5.56 Å². The van der Waals surface area contributed by atoms with E-state index in [0.29, 0.717) is 22.5 Å². The van der Waals surface area contributed by atoms with E-state index in [1.54, 1.807) is 37.3 Å². The molecule has 3 aromatic rings. The van der Waals surface area contributed by atoms with Crippen LogP contribution in [0.25, 0.3) is 6.08 Å². The van der Waals surface area contributed by atoms with Crippen molar-refractivity contribution in [1.82, 2.24) is 10.2 Å². The monoisotopic (exact) mass is 526 g/mol. The zero-order valence-corrected chi connectivity index (χ0v) is 21.3. The number of amides is 1. The minimum Gasteiger partial charge on any atom is -0.490 e. The predicted octanol–water partition coefficient (Wildman–Crippen LogP) is 3.80. The van der Waals surface area contributed by atoms with E-state index in [-0.39, 0.29) is 38.9 Å². The molecule has 10 nitrogen and oxygen atoms in total. The van der Waals surface area contributed by atoms with Crippen LogP contribution < -0.4 is 14.8 Å². The fourth-order valence-electron chi connectivity index (χ4n) is 2.89. The van der Waals surface area contributed by atoms with Gasteiger partial charge in [0.1, 0.15) is 11.6 Å². The molecule has 0 unspecified atom stereocenters. The van der Waals surface area contributed by atoms with E-state index >= 15 is 0 Å². The molecule has 0 spiro atoms. The van der Waals surface area contributed by atoms with Crippen LogP contribution in [0.2, 0.25) is 0 Å². The van der Waals surface area contributed by atoms with Crippen molar-refractivity contribution in [2.75, 3.05) is 17.7 Å². The molecule has 2 aromatic carbocycles. The Hall–Kier alpha value is -4.08. The first-order valence-electron chi connectivity index (χ1n) is 10.7. The van der Waals surface area contributed by atoms with Gasteiger partial charge in [0.15, 0.2) is 11.5 Å². The molecule has 186 valence electrons. The van der Waals surface area contributed by atoms with E-state index in [1.807, 2.05) is 13.0 Å². The van der Waals surface area contributed by atoms with Crippen LogP contribution in [0.15, 0.2) is 52.4 Å². The highest BCUT2D eigenvalue weighted by atomic mass is 32.2. The van der Waals surface area contributed by atoms with Crippen molar-refractivity contribution in [2.45, 2.75) is 25.1 Å². The van der Waals surface area contributed by atoms with Crippen LogP contribution in [0, 0.1) is 18.3 Å². The van der Waals surface area contributed by atoms with E-state index < -0.39 is 21.7 Å². The number of carbonyl (C=O) groups is 2. The fraction of sp³-hybridized carbons (Fsp3) is 0.208. The van der Waals surface area contributed by atoms with Gasteiger partial charge in [-0.3, -0.25) is 10.1 Å². The number of nitrogens with zero attached hydrogens (tertiary/aromatic N) is 3. The maximum absolute atomic E-state index is 12.6. The molecule has 0 bridgehead atoms. The number of sulfone groups is 1. The van der Waals surface area contributed by atoms with Crippen LogP contribution in [0.1, 0.15) is 35.3 Å². The maximum atomic E-state index is 12.6. The summed E-state index contributed by atoms with van der Waals surface area (Å²) < 4.78 is 34.7. The van der Waals surface area contributed by atoms with Crippen LogP contribution >= 0.6 is 11.3 Å². The first-order chi connectivity index (χ1) is 17.2. The summed E-state index contributed by atoms with van der Waals surface area (Å²) in [7, 11) is -3.57. The normalized spacial score (nSPS) is 11.4. The van der Waals surface area contributed by atoms with Gasteiger partial charge in [-0.25, -0.2) is 13.2 Å². The van der Waals surface area contributed by atoms with Crippen molar-refractivity contribution in [1.29, 1.82) is 5.26 Å². The standard InChI is InChI=1S/C24H22N4O6S2/c1-4-33-20-13-16(9-10-19(20)34-22(30)17-8-6-7-15(3)11-17)12-18(14-25)21(29)26-23-27-28-24(35-23)36(31,32)5-2/h6-13H,4-5H2,1-3H3,(H,26,27,29).